The molecule has 1 N–H and O–H groups in total. The van der Waals surface area contributed by atoms with Crippen molar-refractivity contribution in [3.05, 3.63) is 92.3 Å². The first-order valence-corrected chi connectivity index (χ1v) is 10.7. The number of nitrogens with one attached hydrogen (secondary N) is 1. The number of rotatable bonds is 6. The Morgan fingerprint density at radius 3 is 2.65 bits per heavy atom. The standard InChI is InChI=1S/C21H15Cl2N5O2S/c1-12-8-14(22)3-2-13(12)9-16-11-30-28-20(24-16)18-10-19(23)25-26-21(18)31-17-6-4-15(27-29)5-7-17/h2-8,10-11H,9H2,1H3,(H,24,28). The molecule has 31 heavy (non-hydrogen) atoms. The third-order valence-electron chi connectivity index (χ3n) is 4.42. The fraction of sp³-hybridized carbons (Fsp3) is 0.0952. The van der Waals surface area contributed by atoms with Gasteiger partial charge >= 0.3 is 0 Å². The van der Waals surface area contributed by atoms with Crippen LogP contribution < -0.4 is 5.48 Å². The molecule has 156 valence electrons. The van der Waals surface area contributed by atoms with E-state index in [1.807, 2.05) is 25.1 Å². The normalized spacial score (nSPS) is 13.0. The number of allylic oxidation sites excluding steroid dienone is 1. The summed E-state index contributed by atoms with van der Waals surface area (Å²) >= 11 is 13.5. The lowest BCUT2D eigenvalue weighted by Crippen LogP contribution is -2.27. The summed E-state index contributed by atoms with van der Waals surface area (Å²) < 4.78 is 0. The summed E-state index contributed by atoms with van der Waals surface area (Å²) in [6.45, 7) is 2.00. The molecule has 2 heterocycles. The first-order valence-electron chi connectivity index (χ1n) is 9.11. The Morgan fingerprint density at radius 2 is 1.90 bits per heavy atom. The Morgan fingerprint density at radius 1 is 1.10 bits per heavy atom. The van der Waals surface area contributed by atoms with Gasteiger partial charge in [-0.25, -0.2) is 10.5 Å². The maximum atomic E-state index is 10.6. The molecule has 0 unspecified atom stereocenters. The molecule has 7 nitrogen and oxygen atoms in total. The minimum atomic E-state index is 0.231. The van der Waals surface area contributed by atoms with Crippen LogP contribution >= 0.6 is 35.0 Å². The van der Waals surface area contributed by atoms with Crippen LogP contribution in [-0.2, 0) is 11.3 Å². The molecule has 0 radical (unpaired) electrons. The Balaban J connectivity index is 1.62. The van der Waals surface area contributed by atoms with E-state index < -0.39 is 0 Å². The maximum absolute atomic E-state index is 10.6. The molecule has 0 spiro atoms. The van der Waals surface area contributed by atoms with Crippen molar-refractivity contribution in [2.75, 3.05) is 0 Å². The van der Waals surface area contributed by atoms with E-state index in [2.05, 4.69) is 20.9 Å². The Hall–Kier alpha value is -2.94. The van der Waals surface area contributed by atoms with Crippen LogP contribution in [0, 0.1) is 11.8 Å². The third-order valence-corrected chi connectivity index (χ3v) is 5.85. The van der Waals surface area contributed by atoms with E-state index in [0.29, 0.717) is 33.6 Å². The van der Waals surface area contributed by atoms with Crippen molar-refractivity contribution in [1.82, 2.24) is 15.7 Å². The van der Waals surface area contributed by atoms with Crippen molar-refractivity contribution in [3.8, 4) is 0 Å². The Bertz CT molecular complexity index is 1200. The van der Waals surface area contributed by atoms with E-state index >= 15 is 0 Å². The molecule has 1 aromatic heterocycles. The summed E-state index contributed by atoms with van der Waals surface area (Å²) in [5.74, 6) is 0.467. The number of nitroso groups, excluding NO2 is 1. The topological polar surface area (TPSA) is 88.8 Å². The van der Waals surface area contributed by atoms with Crippen LogP contribution in [0.4, 0.5) is 5.69 Å². The summed E-state index contributed by atoms with van der Waals surface area (Å²) in [4.78, 5) is 21.6. The van der Waals surface area contributed by atoms with Crippen LogP contribution in [0.3, 0.4) is 0 Å². The van der Waals surface area contributed by atoms with Crippen molar-refractivity contribution < 1.29 is 4.84 Å². The number of aryl methyl sites for hydroxylation is 1. The molecule has 0 saturated carbocycles. The van der Waals surface area contributed by atoms with Gasteiger partial charge in [0, 0.05) is 16.3 Å². The lowest BCUT2D eigenvalue weighted by Gasteiger charge is -2.17. The lowest BCUT2D eigenvalue weighted by molar-refractivity contribution is 0.185. The molecule has 3 aromatic rings. The molecule has 0 aliphatic carbocycles. The van der Waals surface area contributed by atoms with Crippen LogP contribution in [0.15, 0.2) is 80.6 Å². The predicted molar refractivity (Wildman–Crippen MR) is 122 cm³/mol. The van der Waals surface area contributed by atoms with Gasteiger partial charge in [0.25, 0.3) is 0 Å². The van der Waals surface area contributed by atoms with Gasteiger partial charge in [0.05, 0.1) is 11.3 Å². The minimum absolute atomic E-state index is 0.231. The molecule has 1 aliphatic rings. The van der Waals surface area contributed by atoms with Crippen LogP contribution in [0.2, 0.25) is 10.2 Å². The van der Waals surface area contributed by atoms with Gasteiger partial charge in [0.1, 0.15) is 17.0 Å². The summed E-state index contributed by atoms with van der Waals surface area (Å²) in [6, 6.07) is 14.2. The number of nitrogens with zero attached hydrogens (tertiary/aromatic N) is 4. The van der Waals surface area contributed by atoms with Gasteiger partial charge < -0.3 is 4.84 Å². The average Bonchev–Trinajstić information content (AvgIpc) is 2.78. The quantitative estimate of drug-likeness (QED) is 0.443. The van der Waals surface area contributed by atoms with Gasteiger partial charge in [-0.05, 0) is 65.7 Å². The van der Waals surface area contributed by atoms with Gasteiger partial charge in [-0.15, -0.1) is 15.1 Å². The summed E-state index contributed by atoms with van der Waals surface area (Å²) in [6.07, 6.45) is 2.13. The molecule has 0 amide bonds. The van der Waals surface area contributed by atoms with Crippen LogP contribution in [0.5, 0.6) is 0 Å². The molecule has 4 rings (SSSR count). The summed E-state index contributed by atoms with van der Waals surface area (Å²) in [7, 11) is 0. The minimum Gasteiger partial charge on any atom is -0.387 e. The van der Waals surface area contributed by atoms with Crippen LogP contribution in [0.25, 0.3) is 0 Å². The highest BCUT2D eigenvalue weighted by Gasteiger charge is 2.18. The van der Waals surface area contributed by atoms with Crippen molar-refractivity contribution in [1.29, 1.82) is 0 Å². The zero-order chi connectivity index (χ0) is 21.8. The second kappa shape index (κ2) is 9.47. The van der Waals surface area contributed by atoms with Gasteiger partial charge in [0.2, 0.25) is 0 Å². The first kappa shape index (κ1) is 21.3. The molecule has 0 saturated heterocycles. The SMILES string of the molecule is Cc1cc(Cl)ccc1CC1=CONC(c2cc(Cl)nnc2Sc2ccc(N=O)cc2)=N1. The zero-order valence-corrected chi connectivity index (χ0v) is 18.5. The largest absolute Gasteiger partial charge is 0.387 e. The maximum Gasteiger partial charge on any atom is 0.170 e. The molecule has 1 aliphatic heterocycles. The predicted octanol–water partition coefficient (Wildman–Crippen LogP) is 6.01. The van der Waals surface area contributed by atoms with E-state index in [9.17, 15) is 4.91 Å². The van der Waals surface area contributed by atoms with Crippen molar-refractivity contribution in [2.24, 2.45) is 10.2 Å². The fourth-order valence-electron chi connectivity index (χ4n) is 2.88. The van der Waals surface area contributed by atoms with E-state index in [0.717, 1.165) is 21.7 Å². The number of benzene rings is 2. The summed E-state index contributed by atoms with van der Waals surface area (Å²) in [5, 5.41) is 12.6. The number of halogens is 2. The molecule has 2 aromatic carbocycles. The second-order valence-electron chi connectivity index (χ2n) is 6.61. The number of amidine groups is 1. The lowest BCUT2D eigenvalue weighted by atomic mass is 10.0. The molecule has 0 bridgehead atoms. The smallest absolute Gasteiger partial charge is 0.170 e. The highest BCUT2D eigenvalue weighted by Crippen LogP contribution is 2.31. The van der Waals surface area contributed by atoms with Crippen molar-refractivity contribution in [2.45, 2.75) is 23.3 Å². The van der Waals surface area contributed by atoms with E-state index in [1.54, 1.807) is 36.6 Å². The van der Waals surface area contributed by atoms with E-state index in [1.165, 1.54) is 11.8 Å². The third kappa shape index (κ3) is 5.22. The van der Waals surface area contributed by atoms with E-state index in [4.69, 9.17) is 33.0 Å². The van der Waals surface area contributed by atoms with Gasteiger partial charge in [-0.2, -0.15) is 0 Å². The van der Waals surface area contributed by atoms with Crippen molar-refractivity contribution in [3.63, 3.8) is 0 Å². The monoisotopic (exact) mass is 471 g/mol. The first-order chi connectivity index (χ1) is 15.0. The van der Waals surface area contributed by atoms with Crippen LogP contribution in [-0.4, -0.2) is 16.0 Å². The fourth-order valence-corrected chi connectivity index (χ4v) is 4.10. The summed E-state index contributed by atoms with van der Waals surface area (Å²) in [5.41, 5.74) is 6.68. The molecule has 10 heteroatoms. The van der Waals surface area contributed by atoms with Gasteiger partial charge in [-0.1, -0.05) is 41.0 Å². The number of hydrogen-bond donors (Lipinski definition) is 1. The van der Waals surface area contributed by atoms with Crippen molar-refractivity contribution >= 4 is 46.5 Å². The molecular weight excluding hydrogens is 457 g/mol. The van der Waals surface area contributed by atoms with Gasteiger partial charge in [-0.3, -0.25) is 0 Å². The number of hydrogen-bond acceptors (Lipinski definition) is 8. The number of aromatic nitrogens is 2. The number of aliphatic imine (C=N–C) groups is 1. The number of hydroxylamine groups is 1. The highest BCUT2D eigenvalue weighted by atomic mass is 35.5. The molecule has 0 fully saturated rings. The molecule has 0 atom stereocenters. The van der Waals surface area contributed by atoms with Crippen LogP contribution in [0.1, 0.15) is 16.7 Å². The molecular formula is C21H15Cl2N5O2S. The average molecular weight is 472 g/mol. The zero-order valence-electron chi connectivity index (χ0n) is 16.2. The second-order valence-corrected chi connectivity index (χ2v) is 8.50. The highest BCUT2D eigenvalue weighted by molar-refractivity contribution is 7.99. The van der Waals surface area contributed by atoms with E-state index in [-0.39, 0.29) is 5.15 Å². The Labute approximate surface area is 192 Å². The van der Waals surface area contributed by atoms with Gasteiger partial charge in [0.15, 0.2) is 11.0 Å². The Kier molecular flexibility index (Phi) is 6.50.